The molecular weight excluding hydrogens is 404 g/mol. The number of nitrogens with one attached hydrogen (secondary N) is 2. The molecule has 2 N–H and O–H groups in total. The number of H-pyrrole nitrogens is 1. The Morgan fingerprint density at radius 3 is 2.62 bits per heavy atom. The van der Waals surface area contributed by atoms with Gasteiger partial charge in [-0.25, -0.2) is 4.98 Å². The van der Waals surface area contributed by atoms with E-state index in [-0.39, 0.29) is 29.5 Å². The van der Waals surface area contributed by atoms with Crippen molar-refractivity contribution >= 4 is 5.91 Å². The second-order valence-corrected chi connectivity index (χ2v) is 8.21. The molecule has 0 radical (unpaired) electrons. The average molecular weight is 433 g/mol. The Kier molecular flexibility index (Phi) is 7.07. The van der Waals surface area contributed by atoms with Gasteiger partial charge in [0.1, 0.15) is 5.82 Å². The van der Waals surface area contributed by atoms with Crippen LogP contribution in [0.4, 0.5) is 0 Å². The Hall–Kier alpha value is -3.32. The summed E-state index contributed by atoms with van der Waals surface area (Å²) in [6.45, 7) is 0. The number of methoxy groups -OCH3 is 1. The molecule has 1 saturated carbocycles. The number of pyridine rings is 1. The lowest BCUT2D eigenvalue weighted by Gasteiger charge is -2.28. The van der Waals surface area contributed by atoms with Crippen molar-refractivity contribution in [2.75, 3.05) is 7.11 Å². The Morgan fingerprint density at radius 1 is 1.16 bits per heavy atom. The van der Waals surface area contributed by atoms with E-state index in [1.165, 1.54) is 6.07 Å². The minimum absolute atomic E-state index is 0.0225. The molecule has 1 atom stereocenters. The summed E-state index contributed by atoms with van der Waals surface area (Å²) >= 11 is 0. The molecule has 0 saturated heterocycles. The molecule has 32 heavy (non-hydrogen) atoms. The first-order valence-electron chi connectivity index (χ1n) is 11.0. The summed E-state index contributed by atoms with van der Waals surface area (Å²) in [4.78, 5) is 36.9. The molecule has 2 aromatic heterocycles. The average Bonchev–Trinajstić information content (AvgIpc) is 2.84. The van der Waals surface area contributed by atoms with Crippen LogP contribution >= 0.6 is 0 Å². The van der Waals surface area contributed by atoms with Gasteiger partial charge in [0.25, 0.3) is 5.56 Å². The van der Waals surface area contributed by atoms with Gasteiger partial charge in [0, 0.05) is 43.5 Å². The zero-order valence-corrected chi connectivity index (χ0v) is 18.2. The molecule has 0 spiro atoms. The SMILES string of the molecule is COC1CCC(C(=O)NC(Cc2cc(=O)[nH]c(-c3cccnc3)n2)c2ccccc2)CC1. The van der Waals surface area contributed by atoms with E-state index >= 15 is 0 Å². The number of hydrogen-bond acceptors (Lipinski definition) is 5. The molecule has 7 heteroatoms. The van der Waals surface area contributed by atoms with Crippen molar-refractivity contribution in [3.63, 3.8) is 0 Å². The molecule has 0 aliphatic heterocycles. The zero-order chi connectivity index (χ0) is 22.3. The first-order chi connectivity index (χ1) is 15.6. The molecule has 1 amide bonds. The summed E-state index contributed by atoms with van der Waals surface area (Å²) in [5.41, 5.74) is 2.10. The van der Waals surface area contributed by atoms with E-state index in [0.29, 0.717) is 17.9 Å². The lowest BCUT2D eigenvalue weighted by Crippen LogP contribution is -2.37. The number of nitrogens with zero attached hydrogens (tertiary/aromatic N) is 2. The second-order valence-electron chi connectivity index (χ2n) is 8.21. The molecular formula is C25H28N4O3. The molecule has 7 nitrogen and oxygen atoms in total. The Bertz CT molecular complexity index is 1080. The van der Waals surface area contributed by atoms with Gasteiger partial charge in [0.2, 0.25) is 5.91 Å². The van der Waals surface area contributed by atoms with Crippen LogP contribution in [0.1, 0.15) is 43.0 Å². The van der Waals surface area contributed by atoms with E-state index in [2.05, 4.69) is 20.3 Å². The molecule has 1 unspecified atom stereocenters. The number of carbonyl (C=O) groups excluding carboxylic acids is 1. The molecule has 2 heterocycles. The number of rotatable bonds is 7. The third-order valence-corrected chi connectivity index (χ3v) is 6.04. The number of amides is 1. The van der Waals surface area contributed by atoms with Gasteiger partial charge in [-0.15, -0.1) is 0 Å². The predicted molar refractivity (Wildman–Crippen MR) is 122 cm³/mol. The number of aromatic amines is 1. The van der Waals surface area contributed by atoms with Crippen LogP contribution in [0.2, 0.25) is 0 Å². The largest absolute Gasteiger partial charge is 0.381 e. The molecule has 3 aromatic rings. The summed E-state index contributed by atoms with van der Waals surface area (Å²) in [7, 11) is 1.73. The molecule has 1 aliphatic carbocycles. The van der Waals surface area contributed by atoms with E-state index in [4.69, 9.17) is 4.74 Å². The zero-order valence-electron chi connectivity index (χ0n) is 18.2. The van der Waals surface area contributed by atoms with Crippen molar-refractivity contribution < 1.29 is 9.53 Å². The fourth-order valence-corrected chi connectivity index (χ4v) is 4.25. The van der Waals surface area contributed by atoms with Crippen LogP contribution < -0.4 is 10.9 Å². The maximum absolute atomic E-state index is 13.1. The third kappa shape index (κ3) is 5.48. The van der Waals surface area contributed by atoms with Crippen molar-refractivity contribution in [1.82, 2.24) is 20.3 Å². The van der Waals surface area contributed by atoms with Gasteiger partial charge in [-0.3, -0.25) is 14.6 Å². The molecule has 166 valence electrons. The highest BCUT2D eigenvalue weighted by Crippen LogP contribution is 2.27. The number of carbonyl (C=O) groups is 1. The van der Waals surface area contributed by atoms with Crippen molar-refractivity contribution in [2.45, 2.75) is 44.2 Å². The number of ether oxygens (including phenoxy) is 1. The van der Waals surface area contributed by atoms with Crippen molar-refractivity contribution in [2.24, 2.45) is 5.92 Å². The van der Waals surface area contributed by atoms with Crippen molar-refractivity contribution in [3.8, 4) is 11.4 Å². The molecule has 1 aromatic carbocycles. The van der Waals surface area contributed by atoms with Crippen LogP contribution in [0.3, 0.4) is 0 Å². The highest BCUT2D eigenvalue weighted by atomic mass is 16.5. The predicted octanol–water partition coefficient (Wildman–Crippen LogP) is 3.44. The van der Waals surface area contributed by atoms with Crippen LogP contribution in [-0.4, -0.2) is 34.1 Å². The summed E-state index contributed by atoms with van der Waals surface area (Å²) in [6, 6.07) is 14.7. The normalized spacial score (nSPS) is 19.3. The van der Waals surface area contributed by atoms with E-state index in [1.54, 1.807) is 25.6 Å². The molecule has 4 rings (SSSR count). The highest BCUT2D eigenvalue weighted by Gasteiger charge is 2.28. The minimum atomic E-state index is -0.278. The topological polar surface area (TPSA) is 97.0 Å². The van der Waals surface area contributed by atoms with Crippen molar-refractivity contribution in [3.05, 3.63) is 82.5 Å². The van der Waals surface area contributed by atoms with Crippen LogP contribution in [0.15, 0.2) is 65.7 Å². The van der Waals surface area contributed by atoms with Crippen LogP contribution in [0, 0.1) is 5.92 Å². The van der Waals surface area contributed by atoms with Crippen LogP contribution in [0.5, 0.6) is 0 Å². The quantitative estimate of drug-likeness (QED) is 0.596. The lowest BCUT2D eigenvalue weighted by atomic mass is 9.86. The van der Waals surface area contributed by atoms with Gasteiger partial charge in [-0.2, -0.15) is 0 Å². The minimum Gasteiger partial charge on any atom is -0.381 e. The van der Waals surface area contributed by atoms with E-state index < -0.39 is 0 Å². The van der Waals surface area contributed by atoms with Gasteiger partial charge >= 0.3 is 0 Å². The Balaban J connectivity index is 1.55. The molecule has 1 aliphatic rings. The first kappa shape index (κ1) is 21.9. The summed E-state index contributed by atoms with van der Waals surface area (Å²) < 4.78 is 5.43. The Morgan fingerprint density at radius 2 is 1.94 bits per heavy atom. The lowest BCUT2D eigenvalue weighted by molar-refractivity contribution is -0.127. The smallest absolute Gasteiger partial charge is 0.251 e. The third-order valence-electron chi connectivity index (χ3n) is 6.04. The van der Waals surface area contributed by atoms with Crippen LogP contribution in [0.25, 0.3) is 11.4 Å². The highest BCUT2D eigenvalue weighted by molar-refractivity contribution is 5.79. The van der Waals surface area contributed by atoms with E-state index in [0.717, 1.165) is 36.8 Å². The van der Waals surface area contributed by atoms with E-state index in [9.17, 15) is 9.59 Å². The maximum Gasteiger partial charge on any atom is 0.251 e. The second kappa shape index (κ2) is 10.3. The molecule has 0 bridgehead atoms. The fourth-order valence-electron chi connectivity index (χ4n) is 4.25. The summed E-state index contributed by atoms with van der Waals surface area (Å²) in [5, 5.41) is 3.22. The van der Waals surface area contributed by atoms with Gasteiger partial charge in [-0.05, 0) is 43.4 Å². The standard InChI is InChI=1S/C25H28N4O3/c1-32-21-11-9-18(10-12-21)25(31)28-22(17-6-3-2-4-7-17)14-20-15-23(30)29-24(27-20)19-8-5-13-26-16-19/h2-8,13,15-16,18,21-22H,9-12,14H2,1H3,(H,28,31)(H,27,29,30). The van der Waals surface area contributed by atoms with Gasteiger partial charge in [-0.1, -0.05) is 30.3 Å². The van der Waals surface area contributed by atoms with Gasteiger partial charge in [0.15, 0.2) is 0 Å². The Labute approximate surface area is 187 Å². The molecule has 1 fully saturated rings. The van der Waals surface area contributed by atoms with Gasteiger partial charge < -0.3 is 15.0 Å². The van der Waals surface area contributed by atoms with Crippen molar-refractivity contribution in [1.29, 1.82) is 0 Å². The fraction of sp³-hybridized carbons (Fsp3) is 0.360. The summed E-state index contributed by atoms with van der Waals surface area (Å²) in [5.74, 6) is 0.494. The number of benzene rings is 1. The van der Waals surface area contributed by atoms with Crippen LogP contribution in [-0.2, 0) is 16.0 Å². The number of hydrogen-bond donors (Lipinski definition) is 2. The van der Waals surface area contributed by atoms with Gasteiger partial charge in [0.05, 0.1) is 17.8 Å². The first-order valence-corrected chi connectivity index (χ1v) is 11.0. The summed E-state index contributed by atoms with van der Waals surface area (Å²) in [6.07, 6.45) is 7.43. The monoisotopic (exact) mass is 432 g/mol. The van der Waals surface area contributed by atoms with E-state index in [1.807, 2.05) is 36.4 Å². The maximum atomic E-state index is 13.1. The number of aromatic nitrogens is 3.